The first-order chi connectivity index (χ1) is 11.6. The lowest BCUT2D eigenvalue weighted by atomic mass is 10.1. The first-order valence-electron chi connectivity index (χ1n) is 8.42. The monoisotopic (exact) mass is 344 g/mol. The summed E-state index contributed by atoms with van der Waals surface area (Å²) >= 11 is 1.81. The van der Waals surface area contributed by atoms with Crippen LogP contribution in [0.25, 0.3) is 0 Å². The van der Waals surface area contributed by atoms with E-state index in [0.29, 0.717) is 0 Å². The van der Waals surface area contributed by atoms with Gasteiger partial charge in [-0.25, -0.2) is 4.99 Å². The SMILES string of the molecule is CCNC(=NCc1ccc(C)s1)NCCc1ccc(N(C)C)cc1. The highest BCUT2D eigenvalue weighted by atomic mass is 32.1. The molecule has 2 N–H and O–H groups in total. The van der Waals surface area contributed by atoms with Crippen molar-refractivity contribution in [3.05, 3.63) is 51.7 Å². The Kier molecular flexibility index (Phi) is 7.12. The van der Waals surface area contributed by atoms with E-state index < -0.39 is 0 Å². The molecule has 0 fully saturated rings. The smallest absolute Gasteiger partial charge is 0.191 e. The van der Waals surface area contributed by atoms with E-state index in [0.717, 1.165) is 32.0 Å². The van der Waals surface area contributed by atoms with Gasteiger partial charge in [-0.15, -0.1) is 11.3 Å². The number of benzene rings is 1. The van der Waals surface area contributed by atoms with Crippen molar-refractivity contribution in [3.8, 4) is 0 Å². The molecule has 0 bridgehead atoms. The summed E-state index contributed by atoms with van der Waals surface area (Å²) in [5, 5.41) is 6.72. The Bertz CT molecular complexity index is 644. The van der Waals surface area contributed by atoms with Gasteiger partial charge in [-0.2, -0.15) is 0 Å². The minimum absolute atomic E-state index is 0.728. The lowest BCUT2D eigenvalue weighted by molar-refractivity contribution is 0.801. The van der Waals surface area contributed by atoms with Gasteiger partial charge in [0.25, 0.3) is 0 Å². The second-order valence-corrected chi connectivity index (χ2v) is 7.32. The zero-order chi connectivity index (χ0) is 17.4. The number of hydrogen-bond donors (Lipinski definition) is 2. The van der Waals surface area contributed by atoms with Gasteiger partial charge >= 0.3 is 0 Å². The first-order valence-corrected chi connectivity index (χ1v) is 9.24. The Balaban J connectivity index is 1.84. The number of anilines is 1. The molecule has 0 aliphatic heterocycles. The number of hydrogen-bond acceptors (Lipinski definition) is 3. The van der Waals surface area contributed by atoms with Crippen LogP contribution in [0.2, 0.25) is 0 Å². The van der Waals surface area contributed by atoms with Crippen LogP contribution in [0.1, 0.15) is 22.2 Å². The number of aryl methyl sites for hydroxylation is 1. The number of nitrogens with one attached hydrogen (secondary N) is 2. The van der Waals surface area contributed by atoms with E-state index in [2.05, 4.69) is 84.9 Å². The maximum Gasteiger partial charge on any atom is 0.191 e. The van der Waals surface area contributed by atoms with Gasteiger partial charge in [0.15, 0.2) is 5.96 Å². The maximum absolute atomic E-state index is 4.66. The van der Waals surface area contributed by atoms with Crippen molar-refractivity contribution >= 4 is 23.0 Å². The van der Waals surface area contributed by atoms with E-state index >= 15 is 0 Å². The van der Waals surface area contributed by atoms with Gasteiger partial charge in [0.05, 0.1) is 6.54 Å². The molecule has 130 valence electrons. The zero-order valence-electron chi connectivity index (χ0n) is 15.1. The third-order valence-electron chi connectivity index (χ3n) is 3.69. The van der Waals surface area contributed by atoms with Crippen LogP contribution in [0.15, 0.2) is 41.4 Å². The van der Waals surface area contributed by atoms with Crippen LogP contribution in [0.5, 0.6) is 0 Å². The summed E-state index contributed by atoms with van der Waals surface area (Å²) in [4.78, 5) is 9.41. The van der Waals surface area contributed by atoms with Gasteiger partial charge in [-0.05, 0) is 50.1 Å². The van der Waals surface area contributed by atoms with Crippen LogP contribution in [0, 0.1) is 6.92 Å². The molecule has 4 nitrogen and oxygen atoms in total. The van der Waals surface area contributed by atoms with E-state index in [1.165, 1.54) is 21.0 Å². The Morgan fingerprint density at radius 2 is 1.83 bits per heavy atom. The third kappa shape index (κ3) is 5.89. The average Bonchev–Trinajstić information content (AvgIpc) is 2.98. The molecule has 5 heteroatoms. The van der Waals surface area contributed by atoms with E-state index in [-0.39, 0.29) is 0 Å². The Morgan fingerprint density at radius 1 is 1.08 bits per heavy atom. The molecule has 0 spiro atoms. The number of aliphatic imine (C=N–C) groups is 1. The lowest BCUT2D eigenvalue weighted by Crippen LogP contribution is -2.38. The van der Waals surface area contributed by atoms with Crippen molar-refractivity contribution in [3.63, 3.8) is 0 Å². The average molecular weight is 345 g/mol. The standard InChI is InChI=1S/C19H28N4S/c1-5-20-19(22-14-18-11-6-15(2)24-18)21-13-12-16-7-9-17(10-8-16)23(3)4/h6-11H,5,12-14H2,1-4H3,(H2,20,21,22). The molecule has 2 aromatic rings. The van der Waals surface area contributed by atoms with E-state index in [4.69, 9.17) is 0 Å². The van der Waals surface area contributed by atoms with Crippen LogP contribution in [-0.2, 0) is 13.0 Å². The minimum atomic E-state index is 0.728. The van der Waals surface area contributed by atoms with Crippen molar-refractivity contribution in [2.45, 2.75) is 26.8 Å². The highest BCUT2D eigenvalue weighted by Crippen LogP contribution is 2.15. The summed E-state index contributed by atoms with van der Waals surface area (Å²) < 4.78 is 0. The maximum atomic E-state index is 4.66. The first kappa shape index (κ1) is 18.3. The number of nitrogens with zero attached hydrogens (tertiary/aromatic N) is 2. The minimum Gasteiger partial charge on any atom is -0.378 e. The van der Waals surface area contributed by atoms with Gasteiger partial charge in [-0.1, -0.05) is 12.1 Å². The van der Waals surface area contributed by atoms with Crippen LogP contribution in [0.3, 0.4) is 0 Å². The van der Waals surface area contributed by atoms with Gasteiger partial charge in [0, 0.05) is 42.6 Å². The summed E-state index contributed by atoms with van der Waals surface area (Å²) in [6.45, 7) is 6.68. The molecule has 0 radical (unpaired) electrons. The summed E-state index contributed by atoms with van der Waals surface area (Å²) in [5.74, 6) is 0.883. The highest BCUT2D eigenvalue weighted by Gasteiger charge is 2.01. The Hall–Kier alpha value is -2.01. The summed E-state index contributed by atoms with van der Waals surface area (Å²) in [6, 6.07) is 13.0. The molecule has 0 saturated carbocycles. The molecule has 0 aliphatic carbocycles. The van der Waals surface area contributed by atoms with Gasteiger partial charge in [-0.3, -0.25) is 0 Å². The molecule has 0 atom stereocenters. The molecule has 2 rings (SSSR count). The Morgan fingerprint density at radius 3 is 2.42 bits per heavy atom. The fraction of sp³-hybridized carbons (Fsp3) is 0.421. The highest BCUT2D eigenvalue weighted by molar-refractivity contribution is 7.11. The number of rotatable bonds is 7. The number of thiophene rings is 1. The van der Waals surface area contributed by atoms with Crippen LogP contribution in [-0.4, -0.2) is 33.1 Å². The topological polar surface area (TPSA) is 39.7 Å². The second-order valence-electron chi connectivity index (χ2n) is 5.95. The largest absolute Gasteiger partial charge is 0.378 e. The molecule has 0 amide bonds. The normalized spacial score (nSPS) is 11.4. The predicted octanol–water partition coefficient (Wildman–Crippen LogP) is 3.42. The van der Waals surface area contributed by atoms with E-state index in [1.54, 1.807) is 11.3 Å². The van der Waals surface area contributed by atoms with Crippen molar-refractivity contribution < 1.29 is 0 Å². The Labute approximate surface area is 149 Å². The van der Waals surface area contributed by atoms with Gasteiger partial charge in [0.2, 0.25) is 0 Å². The van der Waals surface area contributed by atoms with Gasteiger partial charge in [0.1, 0.15) is 0 Å². The molecule has 1 heterocycles. The van der Waals surface area contributed by atoms with Crippen LogP contribution >= 0.6 is 11.3 Å². The molecular weight excluding hydrogens is 316 g/mol. The molecule has 24 heavy (non-hydrogen) atoms. The quantitative estimate of drug-likeness (QED) is 0.597. The molecule has 1 aromatic heterocycles. The van der Waals surface area contributed by atoms with E-state index in [9.17, 15) is 0 Å². The molecule has 0 unspecified atom stereocenters. The molecule has 0 aliphatic rings. The zero-order valence-corrected chi connectivity index (χ0v) is 15.9. The van der Waals surface area contributed by atoms with E-state index in [1.807, 2.05) is 0 Å². The summed E-state index contributed by atoms with van der Waals surface area (Å²) in [7, 11) is 4.12. The molecule has 1 aromatic carbocycles. The van der Waals surface area contributed by atoms with Crippen LogP contribution < -0.4 is 15.5 Å². The molecule has 0 saturated heterocycles. The predicted molar refractivity (Wildman–Crippen MR) is 106 cm³/mol. The summed E-state index contributed by atoms with van der Waals surface area (Å²) in [6.07, 6.45) is 0.982. The fourth-order valence-corrected chi connectivity index (χ4v) is 3.17. The molecular formula is C19H28N4S. The van der Waals surface area contributed by atoms with Crippen molar-refractivity contribution in [2.75, 3.05) is 32.1 Å². The summed E-state index contributed by atoms with van der Waals surface area (Å²) in [5.41, 5.74) is 2.56. The fourth-order valence-electron chi connectivity index (χ4n) is 2.35. The van der Waals surface area contributed by atoms with Crippen molar-refractivity contribution in [1.29, 1.82) is 0 Å². The van der Waals surface area contributed by atoms with Gasteiger partial charge < -0.3 is 15.5 Å². The number of guanidine groups is 1. The second kappa shape index (κ2) is 9.33. The lowest BCUT2D eigenvalue weighted by Gasteiger charge is -2.13. The third-order valence-corrected chi connectivity index (χ3v) is 4.68. The van der Waals surface area contributed by atoms with Crippen LogP contribution in [0.4, 0.5) is 5.69 Å². The van der Waals surface area contributed by atoms with Crippen molar-refractivity contribution in [2.24, 2.45) is 4.99 Å². The van der Waals surface area contributed by atoms with Crippen molar-refractivity contribution in [1.82, 2.24) is 10.6 Å².